The maximum absolute atomic E-state index is 6.25. The first-order valence-corrected chi connectivity index (χ1v) is 9.82. The lowest BCUT2D eigenvalue weighted by molar-refractivity contribution is 0.655. The van der Waals surface area contributed by atoms with Crippen LogP contribution in [-0.2, 0) is 13.0 Å². The minimum atomic E-state index is 0.900. The number of benzene rings is 1. The Morgan fingerprint density at radius 3 is 2.91 bits per heavy atom. The maximum atomic E-state index is 6.25. The minimum absolute atomic E-state index is 0.900. The van der Waals surface area contributed by atoms with Gasteiger partial charge in [0.2, 0.25) is 0 Å². The van der Waals surface area contributed by atoms with Crippen LogP contribution in [0.1, 0.15) is 24.3 Å². The lowest BCUT2D eigenvalue weighted by Crippen LogP contribution is -2.22. The highest BCUT2D eigenvalue weighted by atomic mass is 79.9. The summed E-state index contributed by atoms with van der Waals surface area (Å²) in [7, 11) is 0. The molecule has 6 heteroatoms. The van der Waals surface area contributed by atoms with Crippen LogP contribution in [0.4, 0.5) is 5.00 Å². The molecule has 2 aromatic heterocycles. The molecular formula is C16H18BrN3S2. The normalized spacial score (nSPS) is 13.6. The van der Waals surface area contributed by atoms with E-state index >= 15 is 0 Å². The first-order valence-electron chi connectivity index (χ1n) is 7.39. The highest BCUT2D eigenvalue weighted by Crippen LogP contribution is 2.43. The van der Waals surface area contributed by atoms with E-state index in [2.05, 4.69) is 39.4 Å². The summed E-state index contributed by atoms with van der Waals surface area (Å²) in [6.07, 6.45) is 1.04. The first-order chi connectivity index (χ1) is 10.7. The number of aromatic nitrogens is 1. The number of hydrogen-bond acceptors (Lipinski definition) is 5. The van der Waals surface area contributed by atoms with Gasteiger partial charge in [0.25, 0.3) is 0 Å². The number of hydrogen-bond donors (Lipinski definition) is 2. The third-order valence-corrected chi connectivity index (χ3v) is 6.13. The number of nitrogens with zero attached hydrogens (tertiary/aromatic N) is 1. The third kappa shape index (κ3) is 2.80. The van der Waals surface area contributed by atoms with E-state index in [1.165, 1.54) is 20.7 Å². The van der Waals surface area contributed by atoms with Crippen LogP contribution < -0.4 is 11.1 Å². The van der Waals surface area contributed by atoms with Gasteiger partial charge in [-0.25, -0.2) is 4.98 Å². The van der Waals surface area contributed by atoms with Crippen molar-refractivity contribution in [2.75, 3.05) is 12.3 Å². The van der Waals surface area contributed by atoms with Crippen molar-refractivity contribution in [2.45, 2.75) is 26.8 Å². The smallest absolute Gasteiger partial charge is 0.127 e. The van der Waals surface area contributed by atoms with Crippen LogP contribution in [0.5, 0.6) is 0 Å². The summed E-state index contributed by atoms with van der Waals surface area (Å²) in [4.78, 5) is 6.14. The van der Waals surface area contributed by atoms with Crippen LogP contribution >= 0.6 is 38.6 Å². The summed E-state index contributed by atoms with van der Waals surface area (Å²) < 4.78 is 2.27. The molecule has 4 rings (SSSR count). The minimum Gasteiger partial charge on any atom is -0.390 e. The number of halogens is 1. The molecule has 3 heterocycles. The second-order valence-electron chi connectivity index (χ2n) is 4.80. The van der Waals surface area contributed by atoms with Gasteiger partial charge in [-0.1, -0.05) is 29.8 Å². The molecule has 3 N–H and O–H groups in total. The number of anilines is 1. The van der Waals surface area contributed by atoms with Gasteiger partial charge in [-0.15, -0.1) is 22.7 Å². The molecule has 0 fully saturated rings. The molecule has 0 saturated carbocycles. The summed E-state index contributed by atoms with van der Waals surface area (Å²) in [6, 6.07) is 6.23. The molecule has 0 unspecified atom stereocenters. The van der Waals surface area contributed by atoms with Gasteiger partial charge >= 0.3 is 0 Å². The average Bonchev–Trinajstić information content (AvgIpc) is 3.08. The standard InChI is InChI=1S/C14H12BrN3S2.C2H6/c15-7-1-2-10-9(5-7)18-14(20-10)12-8-3-4-17-6-11(8)19-13(12)16;1-2/h1-2,5,17H,3-4,6,16H2;1-2H3. The van der Waals surface area contributed by atoms with Gasteiger partial charge in [0.05, 0.1) is 15.2 Å². The number of nitrogens with two attached hydrogens (primary N) is 1. The SMILES string of the molecule is CC.Nc1sc2c(c1-c1nc3cc(Br)ccc3s1)CCNC2. The van der Waals surface area contributed by atoms with E-state index in [9.17, 15) is 0 Å². The van der Waals surface area contributed by atoms with Gasteiger partial charge in [-0.3, -0.25) is 0 Å². The van der Waals surface area contributed by atoms with Crippen LogP contribution in [0.3, 0.4) is 0 Å². The molecule has 0 saturated heterocycles. The highest BCUT2D eigenvalue weighted by molar-refractivity contribution is 9.10. The van der Waals surface area contributed by atoms with Crippen LogP contribution in [0.15, 0.2) is 22.7 Å². The van der Waals surface area contributed by atoms with Crippen molar-refractivity contribution < 1.29 is 0 Å². The van der Waals surface area contributed by atoms with Gasteiger partial charge in [0.15, 0.2) is 0 Å². The zero-order valence-electron chi connectivity index (χ0n) is 12.6. The number of thiophene rings is 1. The molecule has 0 amide bonds. The molecule has 1 aliphatic heterocycles. The molecule has 0 atom stereocenters. The molecule has 22 heavy (non-hydrogen) atoms. The van der Waals surface area contributed by atoms with E-state index in [1.807, 2.05) is 13.8 Å². The first kappa shape index (κ1) is 15.9. The van der Waals surface area contributed by atoms with Gasteiger partial charge in [-0.2, -0.15) is 0 Å². The Morgan fingerprint density at radius 1 is 1.27 bits per heavy atom. The maximum Gasteiger partial charge on any atom is 0.127 e. The van der Waals surface area contributed by atoms with E-state index in [-0.39, 0.29) is 0 Å². The van der Waals surface area contributed by atoms with Crippen LogP contribution in [-0.4, -0.2) is 11.5 Å². The number of nitrogen functional groups attached to an aromatic ring is 1. The highest BCUT2D eigenvalue weighted by Gasteiger charge is 2.22. The second kappa shape index (κ2) is 6.66. The lowest BCUT2D eigenvalue weighted by Gasteiger charge is -2.13. The van der Waals surface area contributed by atoms with E-state index in [0.29, 0.717) is 0 Å². The summed E-state index contributed by atoms with van der Waals surface area (Å²) >= 11 is 6.92. The van der Waals surface area contributed by atoms with E-state index in [1.54, 1.807) is 22.7 Å². The topological polar surface area (TPSA) is 50.9 Å². The summed E-state index contributed by atoms with van der Waals surface area (Å²) in [5.74, 6) is 0. The van der Waals surface area contributed by atoms with E-state index in [4.69, 9.17) is 10.7 Å². The Hall–Kier alpha value is -0.950. The lowest BCUT2D eigenvalue weighted by atomic mass is 10.0. The van der Waals surface area contributed by atoms with Gasteiger partial charge in [0.1, 0.15) is 5.01 Å². The molecule has 0 bridgehead atoms. The Kier molecular flexibility index (Phi) is 4.82. The van der Waals surface area contributed by atoms with Crippen LogP contribution in [0.25, 0.3) is 20.8 Å². The molecule has 3 nitrogen and oxygen atoms in total. The third-order valence-electron chi connectivity index (χ3n) is 3.52. The van der Waals surface area contributed by atoms with Gasteiger partial charge in [0, 0.05) is 21.5 Å². The molecule has 116 valence electrons. The number of thiazole rings is 1. The van der Waals surface area contributed by atoms with Gasteiger partial charge < -0.3 is 11.1 Å². The molecular weight excluding hydrogens is 378 g/mol. The number of fused-ring (bicyclic) bond motifs is 2. The molecule has 1 aliphatic rings. The predicted molar refractivity (Wildman–Crippen MR) is 102 cm³/mol. The Bertz CT molecular complexity index is 807. The van der Waals surface area contributed by atoms with Crippen molar-refractivity contribution in [3.63, 3.8) is 0 Å². The molecule has 1 aromatic carbocycles. The van der Waals surface area contributed by atoms with Crippen molar-refractivity contribution in [1.82, 2.24) is 10.3 Å². The monoisotopic (exact) mass is 395 g/mol. The summed E-state index contributed by atoms with van der Waals surface area (Å²) in [5, 5.41) is 5.35. The Balaban J connectivity index is 0.000000693. The number of nitrogens with one attached hydrogen (secondary N) is 1. The summed E-state index contributed by atoms with van der Waals surface area (Å²) in [6.45, 7) is 5.95. The second-order valence-corrected chi connectivity index (χ2v) is 7.88. The van der Waals surface area contributed by atoms with Crippen molar-refractivity contribution in [3.8, 4) is 10.6 Å². The quantitative estimate of drug-likeness (QED) is 0.606. The zero-order valence-corrected chi connectivity index (χ0v) is 15.8. The molecule has 0 radical (unpaired) electrons. The van der Waals surface area contributed by atoms with Crippen molar-refractivity contribution >= 4 is 53.8 Å². The fraction of sp³-hybridized carbons (Fsp3) is 0.312. The average molecular weight is 396 g/mol. The van der Waals surface area contributed by atoms with E-state index < -0.39 is 0 Å². The summed E-state index contributed by atoms with van der Waals surface area (Å²) in [5.41, 5.74) is 9.85. The fourth-order valence-electron chi connectivity index (χ4n) is 2.60. The van der Waals surface area contributed by atoms with Crippen LogP contribution in [0, 0.1) is 0 Å². The zero-order chi connectivity index (χ0) is 15.7. The van der Waals surface area contributed by atoms with E-state index in [0.717, 1.165) is 39.5 Å². The van der Waals surface area contributed by atoms with Crippen molar-refractivity contribution in [2.24, 2.45) is 0 Å². The van der Waals surface area contributed by atoms with Gasteiger partial charge in [-0.05, 0) is 36.7 Å². The van der Waals surface area contributed by atoms with Crippen LogP contribution in [0.2, 0.25) is 0 Å². The Labute approximate surface area is 146 Å². The molecule has 0 aliphatic carbocycles. The Morgan fingerprint density at radius 2 is 2.09 bits per heavy atom. The molecule has 3 aromatic rings. The number of rotatable bonds is 1. The van der Waals surface area contributed by atoms with Crippen molar-refractivity contribution in [3.05, 3.63) is 33.1 Å². The predicted octanol–water partition coefficient (Wildman–Crippen LogP) is 5.04. The molecule has 0 spiro atoms. The van der Waals surface area contributed by atoms with Crippen molar-refractivity contribution in [1.29, 1.82) is 0 Å². The fourth-order valence-corrected chi connectivity index (χ4v) is 5.13. The largest absolute Gasteiger partial charge is 0.390 e.